The van der Waals surface area contributed by atoms with Crippen LogP contribution in [0.25, 0.3) is 0 Å². The van der Waals surface area contributed by atoms with Gasteiger partial charge in [-0.25, -0.2) is 13.1 Å². The van der Waals surface area contributed by atoms with Crippen LogP contribution >= 0.6 is 24.0 Å². The fourth-order valence-corrected chi connectivity index (χ4v) is 5.16. The maximum atomic E-state index is 12.9. The third kappa shape index (κ3) is 5.01. The first-order chi connectivity index (χ1) is 11.5. The molecule has 142 valence electrons. The topological polar surface area (TPSA) is 81.4 Å². The smallest absolute Gasteiger partial charge is 0.244 e. The van der Waals surface area contributed by atoms with Crippen molar-refractivity contribution in [3.05, 3.63) is 23.2 Å². The monoisotopic (exact) mass is 408 g/mol. The lowest BCUT2D eigenvalue weighted by molar-refractivity contribution is 0.177. The number of benzene rings is 1. The van der Waals surface area contributed by atoms with E-state index in [2.05, 4.69) is 4.72 Å². The zero-order chi connectivity index (χ0) is 17.2. The van der Waals surface area contributed by atoms with E-state index in [0.29, 0.717) is 29.8 Å². The average molecular weight is 409 g/mol. The lowest BCUT2D eigenvalue weighted by Gasteiger charge is -2.26. The third-order valence-electron chi connectivity index (χ3n) is 5.16. The fourth-order valence-electron chi connectivity index (χ4n) is 3.42. The van der Waals surface area contributed by atoms with Gasteiger partial charge in [0.15, 0.2) is 0 Å². The van der Waals surface area contributed by atoms with Crippen LogP contribution in [0.5, 0.6) is 5.75 Å². The van der Waals surface area contributed by atoms with E-state index in [1.165, 1.54) is 12.5 Å². The molecule has 2 fully saturated rings. The Hall–Kier alpha value is -0.530. The van der Waals surface area contributed by atoms with Gasteiger partial charge < -0.3 is 10.5 Å². The van der Waals surface area contributed by atoms with Crippen molar-refractivity contribution in [2.45, 2.75) is 49.5 Å². The molecule has 25 heavy (non-hydrogen) atoms. The largest absolute Gasteiger partial charge is 0.492 e. The first kappa shape index (κ1) is 20.8. The van der Waals surface area contributed by atoms with E-state index in [9.17, 15) is 8.42 Å². The molecule has 2 atom stereocenters. The molecule has 1 aromatic carbocycles. The van der Waals surface area contributed by atoms with Crippen molar-refractivity contribution in [1.82, 2.24) is 4.72 Å². The van der Waals surface area contributed by atoms with Crippen molar-refractivity contribution < 1.29 is 13.2 Å². The van der Waals surface area contributed by atoms with Crippen molar-refractivity contribution in [1.29, 1.82) is 0 Å². The quantitative estimate of drug-likeness (QED) is 0.724. The van der Waals surface area contributed by atoms with Gasteiger partial charge in [-0.15, -0.1) is 12.4 Å². The summed E-state index contributed by atoms with van der Waals surface area (Å²) in [5, 5.41) is 0.383. The van der Waals surface area contributed by atoms with Crippen LogP contribution in [-0.4, -0.2) is 27.6 Å². The molecule has 0 spiro atoms. The van der Waals surface area contributed by atoms with Crippen LogP contribution in [0.4, 0.5) is 0 Å². The van der Waals surface area contributed by atoms with E-state index >= 15 is 0 Å². The van der Waals surface area contributed by atoms with Gasteiger partial charge in [0.05, 0.1) is 6.61 Å². The lowest BCUT2D eigenvalue weighted by atomic mass is 9.86. The van der Waals surface area contributed by atoms with Gasteiger partial charge in [0.1, 0.15) is 10.6 Å². The van der Waals surface area contributed by atoms with Crippen LogP contribution in [0.2, 0.25) is 5.02 Å². The Morgan fingerprint density at radius 3 is 2.56 bits per heavy atom. The van der Waals surface area contributed by atoms with Gasteiger partial charge in [0.25, 0.3) is 0 Å². The Bertz CT molecular complexity index is 680. The summed E-state index contributed by atoms with van der Waals surface area (Å²) in [6.45, 7) is 1.05. The molecule has 3 rings (SSSR count). The third-order valence-corrected chi connectivity index (χ3v) is 6.91. The van der Waals surface area contributed by atoms with E-state index in [1.807, 2.05) is 0 Å². The second-order valence-corrected chi connectivity index (χ2v) is 8.97. The molecule has 0 amide bonds. The van der Waals surface area contributed by atoms with E-state index < -0.39 is 10.0 Å². The van der Waals surface area contributed by atoms with Crippen LogP contribution in [0, 0.1) is 11.8 Å². The molecule has 2 aliphatic rings. The summed E-state index contributed by atoms with van der Waals surface area (Å²) in [6, 6.07) is 4.66. The summed E-state index contributed by atoms with van der Waals surface area (Å²) < 4.78 is 34.3. The molecular weight excluding hydrogens is 383 g/mol. The molecule has 5 nitrogen and oxygen atoms in total. The first-order valence-corrected chi connectivity index (χ1v) is 10.5. The van der Waals surface area contributed by atoms with Gasteiger partial charge in [-0.05, 0) is 62.3 Å². The second kappa shape index (κ2) is 8.91. The predicted octanol–water partition coefficient (Wildman–Crippen LogP) is 3.35. The number of hydrogen-bond donors (Lipinski definition) is 2. The van der Waals surface area contributed by atoms with Gasteiger partial charge in [0, 0.05) is 11.1 Å². The number of hydrogen-bond acceptors (Lipinski definition) is 4. The summed E-state index contributed by atoms with van der Waals surface area (Å²) in [5.41, 5.74) is 5.76. The standard InChI is InChI=1S/C17H25ClN2O3S.ClH/c18-14-7-8-16(23-11-12-3-1-4-12)17(9-14)24(21,22)20-15-6-2-5-13(15)10-19;/h7-9,12-13,15,20H,1-6,10-11,19H2;1H. The molecule has 0 aliphatic heterocycles. The van der Waals surface area contributed by atoms with E-state index in [4.69, 9.17) is 22.1 Å². The minimum absolute atomic E-state index is 0. The van der Waals surface area contributed by atoms with Gasteiger partial charge >= 0.3 is 0 Å². The SMILES string of the molecule is Cl.NCC1CCCC1NS(=O)(=O)c1cc(Cl)ccc1OCC1CCC1. The Balaban J connectivity index is 0.00000225. The Kier molecular flexibility index (Phi) is 7.40. The highest BCUT2D eigenvalue weighted by molar-refractivity contribution is 7.89. The maximum Gasteiger partial charge on any atom is 0.244 e. The second-order valence-electron chi connectivity index (χ2n) is 6.85. The number of nitrogens with one attached hydrogen (secondary N) is 1. The zero-order valence-electron chi connectivity index (χ0n) is 14.1. The van der Waals surface area contributed by atoms with Crippen molar-refractivity contribution in [2.24, 2.45) is 17.6 Å². The van der Waals surface area contributed by atoms with Crippen LogP contribution in [0.15, 0.2) is 23.1 Å². The summed E-state index contributed by atoms with van der Waals surface area (Å²) in [7, 11) is -3.69. The van der Waals surface area contributed by atoms with Gasteiger partial charge in [-0.1, -0.05) is 24.4 Å². The molecule has 0 heterocycles. The number of ether oxygens (including phenoxy) is 1. The Morgan fingerprint density at radius 2 is 1.92 bits per heavy atom. The minimum Gasteiger partial charge on any atom is -0.492 e. The fraction of sp³-hybridized carbons (Fsp3) is 0.647. The van der Waals surface area contributed by atoms with Crippen LogP contribution < -0.4 is 15.2 Å². The molecule has 3 N–H and O–H groups in total. The molecule has 0 aromatic heterocycles. The van der Waals surface area contributed by atoms with Crippen molar-refractivity contribution in [3.63, 3.8) is 0 Å². The van der Waals surface area contributed by atoms with Crippen LogP contribution in [0.1, 0.15) is 38.5 Å². The molecule has 2 aliphatic carbocycles. The predicted molar refractivity (Wildman–Crippen MR) is 102 cm³/mol. The van der Waals surface area contributed by atoms with E-state index in [1.54, 1.807) is 12.1 Å². The molecule has 2 unspecified atom stereocenters. The molecule has 0 radical (unpaired) electrons. The van der Waals surface area contributed by atoms with Gasteiger partial charge in [-0.2, -0.15) is 0 Å². The molecule has 0 saturated heterocycles. The summed E-state index contributed by atoms with van der Waals surface area (Å²) in [5.74, 6) is 1.10. The number of rotatable bonds is 7. The Labute approximate surface area is 161 Å². The average Bonchev–Trinajstić information content (AvgIpc) is 2.93. The van der Waals surface area contributed by atoms with E-state index in [0.717, 1.165) is 32.1 Å². The first-order valence-electron chi connectivity index (χ1n) is 8.64. The van der Waals surface area contributed by atoms with Gasteiger partial charge in [0.2, 0.25) is 10.0 Å². The van der Waals surface area contributed by atoms with Gasteiger partial charge in [-0.3, -0.25) is 0 Å². The summed E-state index contributed by atoms with van der Waals surface area (Å²) in [4.78, 5) is 0.122. The van der Waals surface area contributed by atoms with Crippen LogP contribution in [0.3, 0.4) is 0 Å². The highest BCUT2D eigenvalue weighted by atomic mass is 35.5. The normalized spacial score (nSPS) is 23.8. The number of halogens is 2. The molecule has 1 aromatic rings. The van der Waals surface area contributed by atoms with Crippen LogP contribution in [-0.2, 0) is 10.0 Å². The number of nitrogens with two attached hydrogens (primary N) is 1. The van der Waals surface area contributed by atoms with Crippen molar-refractivity contribution in [3.8, 4) is 5.75 Å². The zero-order valence-corrected chi connectivity index (χ0v) is 16.5. The highest BCUT2D eigenvalue weighted by Crippen LogP contribution is 2.32. The molecule has 2 saturated carbocycles. The minimum atomic E-state index is -3.69. The van der Waals surface area contributed by atoms with Crippen molar-refractivity contribution >= 4 is 34.0 Å². The summed E-state index contributed by atoms with van der Waals surface area (Å²) in [6.07, 6.45) is 6.30. The van der Waals surface area contributed by atoms with E-state index in [-0.39, 0.29) is 29.3 Å². The molecular formula is C17H26Cl2N2O3S. The maximum absolute atomic E-state index is 12.9. The van der Waals surface area contributed by atoms with Crippen molar-refractivity contribution in [2.75, 3.05) is 13.2 Å². The molecule has 0 bridgehead atoms. The summed E-state index contributed by atoms with van der Waals surface area (Å²) >= 11 is 6.03. The molecule has 8 heteroatoms. The highest BCUT2D eigenvalue weighted by Gasteiger charge is 2.32. The lowest BCUT2D eigenvalue weighted by Crippen LogP contribution is -2.40. The number of sulfonamides is 1. The Morgan fingerprint density at radius 1 is 1.20 bits per heavy atom.